The monoisotopic (exact) mass is 468 g/mol. The summed E-state index contributed by atoms with van der Waals surface area (Å²) in [5.41, 5.74) is 16.6. The first-order valence-electron chi connectivity index (χ1n) is 10.5. The second-order valence-electron chi connectivity index (χ2n) is 7.41. The third kappa shape index (κ3) is 11.1. The number of imidazole rings is 1. The number of aliphatic carboxylic acids is 1. The van der Waals surface area contributed by atoms with E-state index in [1.807, 2.05) is 0 Å². The van der Waals surface area contributed by atoms with Crippen LogP contribution in [0.1, 0.15) is 37.8 Å². The van der Waals surface area contributed by atoms with Gasteiger partial charge in [-0.1, -0.05) is 0 Å². The van der Waals surface area contributed by atoms with Gasteiger partial charge < -0.3 is 43.2 Å². The highest BCUT2D eigenvalue weighted by Crippen LogP contribution is 2.04. The summed E-state index contributed by atoms with van der Waals surface area (Å²) in [6.45, 7) is -0.0780. The standard InChI is InChI=1S/C19H32N8O6/c20-6-2-1-3-13(19(32)33)27-18(31)14(7-11-8-23-10-25-11)26-16(29)9-24-17(30)12(21)4-5-15(22)28/h8,10,12-14H,1-7,9,20-21H2,(H2,22,28)(H,23,25)(H,24,30)(H,26,29)(H,27,31)(H,32,33). The number of nitrogens with two attached hydrogens (primary N) is 3. The first-order chi connectivity index (χ1) is 15.6. The number of aromatic amines is 1. The van der Waals surface area contributed by atoms with Crippen LogP contribution in [0.4, 0.5) is 0 Å². The number of carboxylic acids is 1. The summed E-state index contributed by atoms with van der Waals surface area (Å²) in [5.74, 6) is -3.87. The van der Waals surface area contributed by atoms with Gasteiger partial charge >= 0.3 is 5.97 Å². The highest BCUT2D eigenvalue weighted by molar-refractivity contribution is 5.92. The minimum atomic E-state index is -1.20. The Morgan fingerprint density at radius 3 is 2.36 bits per heavy atom. The SMILES string of the molecule is NCCCCC(NC(=O)C(Cc1cnc[nH]1)NC(=O)CNC(=O)C(N)CCC(N)=O)C(=O)O. The molecule has 1 aromatic heterocycles. The van der Waals surface area contributed by atoms with Crippen LogP contribution in [0.5, 0.6) is 0 Å². The van der Waals surface area contributed by atoms with Crippen molar-refractivity contribution in [2.75, 3.05) is 13.1 Å². The van der Waals surface area contributed by atoms with Crippen LogP contribution < -0.4 is 33.2 Å². The van der Waals surface area contributed by atoms with E-state index in [9.17, 15) is 29.1 Å². The number of carboxylic acid groups (broad SMARTS) is 1. The van der Waals surface area contributed by atoms with Crippen molar-refractivity contribution in [3.05, 3.63) is 18.2 Å². The molecular weight excluding hydrogens is 436 g/mol. The van der Waals surface area contributed by atoms with Gasteiger partial charge in [0.15, 0.2) is 0 Å². The summed E-state index contributed by atoms with van der Waals surface area (Å²) < 4.78 is 0. The number of aromatic nitrogens is 2. The van der Waals surface area contributed by atoms with Crippen LogP contribution in [0, 0.1) is 0 Å². The van der Waals surface area contributed by atoms with Gasteiger partial charge in [0.1, 0.15) is 12.1 Å². The fraction of sp³-hybridized carbons (Fsp3) is 0.579. The number of amides is 4. The normalized spacial score (nSPS) is 13.4. The average Bonchev–Trinajstić information content (AvgIpc) is 3.27. The number of primary amides is 1. The zero-order valence-corrected chi connectivity index (χ0v) is 18.2. The minimum Gasteiger partial charge on any atom is -0.480 e. The number of H-pyrrole nitrogens is 1. The first-order valence-corrected chi connectivity index (χ1v) is 10.5. The Bertz CT molecular complexity index is 800. The number of nitrogens with one attached hydrogen (secondary N) is 4. The van der Waals surface area contributed by atoms with Crippen molar-refractivity contribution in [2.24, 2.45) is 17.2 Å². The van der Waals surface area contributed by atoms with Crippen molar-refractivity contribution in [1.82, 2.24) is 25.9 Å². The number of hydrogen-bond acceptors (Lipinski definition) is 8. The number of unbranched alkanes of at least 4 members (excludes halogenated alkanes) is 1. The molecule has 0 aliphatic carbocycles. The highest BCUT2D eigenvalue weighted by atomic mass is 16.4. The third-order valence-electron chi connectivity index (χ3n) is 4.65. The molecule has 14 heteroatoms. The molecule has 33 heavy (non-hydrogen) atoms. The van der Waals surface area contributed by atoms with Gasteiger partial charge in [-0.15, -0.1) is 0 Å². The Labute approximate surface area is 190 Å². The number of rotatable bonds is 16. The molecule has 1 heterocycles. The van der Waals surface area contributed by atoms with E-state index in [1.54, 1.807) is 0 Å². The lowest BCUT2D eigenvalue weighted by atomic mass is 10.1. The molecule has 3 atom stereocenters. The predicted molar refractivity (Wildman–Crippen MR) is 116 cm³/mol. The van der Waals surface area contributed by atoms with E-state index in [-0.39, 0.29) is 25.7 Å². The Balaban J connectivity index is 2.72. The maximum absolute atomic E-state index is 12.7. The topological polar surface area (TPSA) is 248 Å². The molecule has 0 bridgehead atoms. The Hall–Kier alpha value is -3.52. The number of hydrogen-bond donors (Lipinski definition) is 8. The van der Waals surface area contributed by atoms with Crippen molar-refractivity contribution in [1.29, 1.82) is 0 Å². The van der Waals surface area contributed by atoms with Gasteiger partial charge in [-0.05, 0) is 32.2 Å². The minimum absolute atomic E-state index is 0.0127. The third-order valence-corrected chi connectivity index (χ3v) is 4.65. The second kappa shape index (κ2) is 14.5. The number of carbonyl (C=O) groups is 5. The highest BCUT2D eigenvalue weighted by Gasteiger charge is 2.27. The summed E-state index contributed by atoms with van der Waals surface area (Å²) in [7, 11) is 0. The van der Waals surface area contributed by atoms with Gasteiger partial charge in [0.05, 0.1) is 18.9 Å². The van der Waals surface area contributed by atoms with E-state index < -0.39 is 54.3 Å². The molecule has 11 N–H and O–H groups in total. The molecule has 0 fully saturated rings. The van der Waals surface area contributed by atoms with Gasteiger partial charge in [0.25, 0.3) is 0 Å². The summed E-state index contributed by atoms with van der Waals surface area (Å²) in [6.07, 6.45) is 4.11. The van der Waals surface area contributed by atoms with E-state index in [4.69, 9.17) is 17.2 Å². The summed E-state index contributed by atoms with van der Waals surface area (Å²) >= 11 is 0. The van der Waals surface area contributed by atoms with Crippen LogP contribution in [0.15, 0.2) is 12.5 Å². The molecular formula is C19H32N8O6. The Morgan fingerprint density at radius 2 is 1.79 bits per heavy atom. The van der Waals surface area contributed by atoms with E-state index >= 15 is 0 Å². The van der Waals surface area contributed by atoms with E-state index in [0.29, 0.717) is 25.1 Å². The zero-order chi connectivity index (χ0) is 24.8. The molecule has 0 aliphatic rings. The largest absolute Gasteiger partial charge is 0.480 e. The van der Waals surface area contributed by atoms with Crippen molar-refractivity contribution in [3.63, 3.8) is 0 Å². The van der Waals surface area contributed by atoms with Crippen LogP contribution >= 0.6 is 0 Å². The van der Waals surface area contributed by atoms with Gasteiger partial charge in [0, 0.05) is 24.7 Å². The second-order valence-corrected chi connectivity index (χ2v) is 7.41. The molecule has 184 valence electrons. The van der Waals surface area contributed by atoms with E-state index in [1.165, 1.54) is 12.5 Å². The van der Waals surface area contributed by atoms with Crippen LogP contribution in [0.3, 0.4) is 0 Å². The molecule has 3 unspecified atom stereocenters. The van der Waals surface area contributed by atoms with Crippen molar-refractivity contribution in [2.45, 2.75) is 56.7 Å². The number of nitrogens with zero attached hydrogens (tertiary/aromatic N) is 1. The van der Waals surface area contributed by atoms with Crippen molar-refractivity contribution < 1.29 is 29.1 Å². The van der Waals surface area contributed by atoms with E-state index in [2.05, 4.69) is 25.9 Å². The first kappa shape index (κ1) is 27.5. The lowest BCUT2D eigenvalue weighted by molar-refractivity contribution is -0.142. The molecule has 0 saturated heterocycles. The molecule has 0 aromatic carbocycles. The number of carbonyl (C=O) groups excluding carboxylic acids is 4. The molecule has 0 saturated carbocycles. The van der Waals surface area contributed by atoms with Crippen LogP contribution in [-0.4, -0.2) is 75.9 Å². The molecule has 0 spiro atoms. The fourth-order valence-electron chi connectivity index (χ4n) is 2.82. The van der Waals surface area contributed by atoms with Gasteiger partial charge in [-0.2, -0.15) is 0 Å². The zero-order valence-electron chi connectivity index (χ0n) is 18.2. The molecule has 0 aliphatic heterocycles. The molecule has 4 amide bonds. The molecule has 1 aromatic rings. The molecule has 1 rings (SSSR count). The van der Waals surface area contributed by atoms with Gasteiger partial charge in [-0.3, -0.25) is 19.2 Å². The quantitative estimate of drug-likeness (QED) is 0.114. The summed E-state index contributed by atoms with van der Waals surface area (Å²) in [5, 5.41) is 16.6. The Morgan fingerprint density at radius 1 is 1.06 bits per heavy atom. The summed E-state index contributed by atoms with van der Waals surface area (Å²) in [6, 6.07) is -3.30. The summed E-state index contributed by atoms with van der Waals surface area (Å²) in [4.78, 5) is 66.0. The van der Waals surface area contributed by atoms with Crippen LogP contribution in [-0.2, 0) is 30.4 Å². The van der Waals surface area contributed by atoms with Gasteiger partial charge in [-0.25, -0.2) is 9.78 Å². The molecule has 0 radical (unpaired) electrons. The van der Waals surface area contributed by atoms with E-state index in [0.717, 1.165) is 0 Å². The van der Waals surface area contributed by atoms with Crippen LogP contribution in [0.25, 0.3) is 0 Å². The Kier molecular flexibility index (Phi) is 12.1. The van der Waals surface area contributed by atoms with Crippen molar-refractivity contribution in [3.8, 4) is 0 Å². The lowest BCUT2D eigenvalue weighted by Gasteiger charge is -2.21. The average molecular weight is 469 g/mol. The maximum Gasteiger partial charge on any atom is 0.326 e. The maximum atomic E-state index is 12.7. The van der Waals surface area contributed by atoms with Crippen LogP contribution in [0.2, 0.25) is 0 Å². The van der Waals surface area contributed by atoms with Gasteiger partial charge in [0.2, 0.25) is 23.6 Å². The smallest absolute Gasteiger partial charge is 0.326 e. The lowest BCUT2D eigenvalue weighted by Crippen LogP contribution is -2.54. The predicted octanol–water partition coefficient (Wildman–Crippen LogP) is -3.16. The fourth-order valence-corrected chi connectivity index (χ4v) is 2.82. The molecule has 14 nitrogen and oxygen atoms in total. The van der Waals surface area contributed by atoms with Crippen molar-refractivity contribution >= 4 is 29.6 Å².